The van der Waals surface area contributed by atoms with Gasteiger partial charge in [-0.15, -0.1) is 0 Å². The number of aliphatic carboxylic acids is 1. The highest BCUT2D eigenvalue weighted by atomic mass is 16.5. The summed E-state index contributed by atoms with van der Waals surface area (Å²) in [6.45, 7) is 2.91. The summed E-state index contributed by atoms with van der Waals surface area (Å²) in [5, 5.41) is 12.1. The average Bonchev–Trinajstić information content (AvgIpc) is 3.16. The molecule has 1 saturated heterocycles. The fourth-order valence-electron chi connectivity index (χ4n) is 4.85. The van der Waals surface area contributed by atoms with Gasteiger partial charge in [0.25, 0.3) is 0 Å². The van der Waals surface area contributed by atoms with Crippen molar-refractivity contribution in [3.8, 4) is 11.1 Å². The van der Waals surface area contributed by atoms with Gasteiger partial charge in [0.2, 0.25) is 5.91 Å². The minimum Gasteiger partial charge on any atom is -0.481 e. The molecule has 33 heavy (non-hydrogen) atoms. The number of alkyl carbamates (subject to hydrolysis) is 1. The smallest absolute Gasteiger partial charge is 0.407 e. The van der Waals surface area contributed by atoms with E-state index in [1.54, 1.807) is 4.90 Å². The summed E-state index contributed by atoms with van der Waals surface area (Å²) >= 11 is 0. The number of ether oxygens (including phenoxy) is 1. The van der Waals surface area contributed by atoms with Crippen molar-refractivity contribution in [3.63, 3.8) is 0 Å². The van der Waals surface area contributed by atoms with Crippen molar-refractivity contribution in [2.45, 2.75) is 44.6 Å². The zero-order valence-electron chi connectivity index (χ0n) is 18.8. The highest BCUT2D eigenvalue weighted by Crippen LogP contribution is 2.44. The first-order valence-electron chi connectivity index (χ1n) is 11.6. The van der Waals surface area contributed by atoms with Crippen LogP contribution in [0.25, 0.3) is 11.1 Å². The molecule has 4 rings (SSSR count). The fraction of sp³-hybridized carbons (Fsp3) is 0.423. The van der Waals surface area contributed by atoms with Crippen LogP contribution in [-0.4, -0.2) is 53.7 Å². The van der Waals surface area contributed by atoms with Gasteiger partial charge >= 0.3 is 12.1 Å². The number of likely N-dealkylation sites (tertiary alicyclic amines) is 1. The lowest BCUT2D eigenvalue weighted by atomic mass is 9.97. The Morgan fingerprint density at radius 3 is 2.33 bits per heavy atom. The molecule has 2 aromatic rings. The van der Waals surface area contributed by atoms with Gasteiger partial charge in [-0.3, -0.25) is 9.59 Å². The number of nitrogens with zero attached hydrogens (tertiary/aromatic N) is 1. The Bertz CT molecular complexity index is 991. The highest BCUT2D eigenvalue weighted by molar-refractivity contribution is 5.80. The van der Waals surface area contributed by atoms with E-state index in [1.165, 1.54) is 11.1 Å². The number of fused-ring (bicyclic) bond motifs is 3. The summed E-state index contributed by atoms with van der Waals surface area (Å²) in [5.41, 5.74) is 4.62. The van der Waals surface area contributed by atoms with Crippen LogP contribution < -0.4 is 5.32 Å². The molecule has 0 radical (unpaired) electrons. The molecule has 1 aliphatic heterocycles. The number of benzene rings is 2. The number of nitrogens with one attached hydrogen (secondary N) is 1. The lowest BCUT2D eigenvalue weighted by molar-refractivity contribution is -0.145. The zero-order chi connectivity index (χ0) is 23.4. The number of hydrogen-bond donors (Lipinski definition) is 2. The van der Waals surface area contributed by atoms with E-state index in [2.05, 4.69) is 29.6 Å². The van der Waals surface area contributed by atoms with Crippen LogP contribution in [0.5, 0.6) is 0 Å². The Morgan fingerprint density at radius 2 is 1.73 bits per heavy atom. The average molecular weight is 451 g/mol. The molecule has 0 unspecified atom stereocenters. The first-order chi connectivity index (χ1) is 16.0. The second kappa shape index (κ2) is 10.1. The number of piperidine rings is 1. The number of hydrogen-bond acceptors (Lipinski definition) is 4. The van der Waals surface area contributed by atoms with Crippen LogP contribution in [0.3, 0.4) is 0 Å². The van der Waals surface area contributed by atoms with Gasteiger partial charge in [-0.25, -0.2) is 4.79 Å². The molecule has 0 bridgehead atoms. The van der Waals surface area contributed by atoms with E-state index in [0.717, 1.165) is 11.1 Å². The van der Waals surface area contributed by atoms with E-state index in [9.17, 15) is 19.5 Å². The van der Waals surface area contributed by atoms with Crippen molar-refractivity contribution < 1.29 is 24.2 Å². The Labute approximate surface area is 193 Å². The fourth-order valence-corrected chi connectivity index (χ4v) is 4.85. The summed E-state index contributed by atoms with van der Waals surface area (Å²) < 4.78 is 5.59. The molecular weight excluding hydrogens is 420 g/mol. The van der Waals surface area contributed by atoms with E-state index in [-0.39, 0.29) is 37.4 Å². The molecule has 1 aliphatic carbocycles. The molecule has 7 nitrogen and oxygen atoms in total. The zero-order valence-corrected chi connectivity index (χ0v) is 18.8. The van der Waals surface area contributed by atoms with Gasteiger partial charge in [0.15, 0.2) is 0 Å². The van der Waals surface area contributed by atoms with Gasteiger partial charge in [-0.2, -0.15) is 0 Å². The maximum absolute atomic E-state index is 12.7. The minimum atomic E-state index is -0.865. The molecule has 7 heteroatoms. The standard InChI is InChI=1S/C26H30N2O5/c1-2-18(14-24(29)28-13-7-8-17(15-28)25(30)31)27-26(32)33-16-23-21-11-5-3-9-19(21)20-10-4-6-12-22(20)23/h3-6,9-12,17-18,23H,2,7-8,13-16H2,1H3,(H,27,32)(H,30,31)/t17-,18-/m1/s1. The van der Waals surface area contributed by atoms with Crippen molar-refractivity contribution in [3.05, 3.63) is 59.7 Å². The van der Waals surface area contributed by atoms with Crippen molar-refractivity contribution >= 4 is 18.0 Å². The van der Waals surface area contributed by atoms with Crippen LogP contribution in [0.15, 0.2) is 48.5 Å². The highest BCUT2D eigenvalue weighted by Gasteiger charge is 2.31. The topological polar surface area (TPSA) is 95.9 Å². The van der Waals surface area contributed by atoms with Gasteiger partial charge in [-0.05, 0) is 41.5 Å². The SMILES string of the molecule is CC[C@H](CC(=O)N1CCC[C@@H](C(=O)O)C1)NC(=O)OCC1c2ccccc2-c2ccccc21. The monoisotopic (exact) mass is 450 g/mol. The third kappa shape index (κ3) is 5.02. The Hall–Kier alpha value is -3.35. The molecular formula is C26H30N2O5. The van der Waals surface area contributed by atoms with Crippen molar-refractivity contribution in [1.29, 1.82) is 0 Å². The van der Waals surface area contributed by atoms with Gasteiger partial charge in [0.05, 0.1) is 5.92 Å². The molecule has 2 aliphatic rings. The van der Waals surface area contributed by atoms with Crippen LogP contribution in [0, 0.1) is 5.92 Å². The summed E-state index contributed by atoms with van der Waals surface area (Å²) in [6.07, 6.45) is 1.44. The van der Waals surface area contributed by atoms with E-state index in [0.29, 0.717) is 25.8 Å². The summed E-state index contributed by atoms with van der Waals surface area (Å²) in [7, 11) is 0. The quantitative estimate of drug-likeness (QED) is 0.664. The Morgan fingerprint density at radius 1 is 1.09 bits per heavy atom. The second-order valence-electron chi connectivity index (χ2n) is 8.80. The lowest BCUT2D eigenvalue weighted by Crippen LogP contribution is -2.45. The maximum atomic E-state index is 12.7. The van der Waals surface area contributed by atoms with E-state index in [4.69, 9.17) is 4.74 Å². The van der Waals surface area contributed by atoms with Crippen LogP contribution in [-0.2, 0) is 14.3 Å². The van der Waals surface area contributed by atoms with Gasteiger partial charge in [-0.1, -0.05) is 55.5 Å². The molecule has 2 N–H and O–H groups in total. The Kier molecular flexibility index (Phi) is 6.96. The van der Waals surface area contributed by atoms with Gasteiger partial charge < -0.3 is 20.1 Å². The Balaban J connectivity index is 1.33. The molecule has 2 amide bonds. The third-order valence-electron chi connectivity index (χ3n) is 6.70. The molecule has 0 saturated carbocycles. The number of carboxylic acid groups (broad SMARTS) is 1. The predicted octanol–water partition coefficient (Wildman–Crippen LogP) is 4.02. The second-order valence-corrected chi connectivity index (χ2v) is 8.80. The number of amides is 2. The third-order valence-corrected chi connectivity index (χ3v) is 6.70. The normalized spacial score (nSPS) is 18.2. The van der Waals surface area contributed by atoms with E-state index < -0.39 is 18.0 Å². The van der Waals surface area contributed by atoms with Crippen LogP contribution >= 0.6 is 0 Å². The summed E-state index contributed by atoms with van der Waals surface area (Å²) in [6, 6.07) is 15.9. The summed E-state index contributed by atoms with van der Waals surface area (Å²) in [4.78, 5) is 38.1. The van der Waals surface area contributed by atoms with Crippen molar-refractivity contribution in [1.82, 2.24) is 10.2 Å². The molecule has 2 aromatic carbocycles. The molecule has 1 heterocycles. The number of rotatable bonds is 7. The first-order valence-corrected chi connectivity index (χ1v) is 11.6. The maximum Gasteiger partial charge on any atom is 0.407 e. The van der Waals surface area contributed by atoms with Gasteiger partial charge in [0.1, 0.15) is 6.61 Å². The molecule has 2 atom stereocenters. The van der Waals surface area contributed by atoms with Crippen LogP contribution in [0.1, 0.15) is 49.7 Å². The molecule has 0 aromatic heterocycles. The van der Waals surface area contributed by atoms with E-state index in [1.807, 2.05) is 31.2 Å². The molecule has 0 spiro atoms. The lowest BCUT2D eigenvalue weighted by Gasteiger charge is -2.31. The van der Waals surface area contributed by atoms with Gasteiger partial charge in [0, 0.05) is 31.5 Å². The molecule has 1 fully saturated rings. The summed E-state index contributed by atoms with van der Waals surface area (Å²) in [5.74, 6) is -1.54. The number of carbonyl (C=O) groups excluding carboxylic acids is 2. The van der Waals surface area contributed by atoms with Crippen LogP contribution in [0.2, 0.25) is 0 Å². The first kappa shape index (κ1) is 22.8. The largest absolute Gasteiger partial charge is 0.481 e. The minimum absolute atomic E-state index is 0.0221. The van der Waals surface area contributed by atoms with E-state index >= 15 is 0 Å². The predicted molar refractivity (Wildman–Crippen MR) is 124 cm³/mol. The number of carbonyl (C=O) groups is 3. The number of carboxylic acids is 1. The van der Waals surface area contributed by atoms with Crippen molar-refractivity contribution in [2.24, 2.45) is 5.92 Å². The molecule has 174 valence electrons. The van der Waals surface area contributed by atoms with Crippen LogP contribution in [0.4, 0.5) is 4.79 Å². The van der Waals surface area contributed by atoms with Crippen molar-refractivity contribution in [2.75, 3.05) is 19.7 Å².